The molecule has 0 aliphatic rings. The van der Waals surface area contributed by atoms with E-state index in [0.717, 1.165) is 32.1 Å². The average molecular weight is 416 g/mol. The van der Waals surface area contributed by atoms with Crippen LogP contribution in [0.5, 0.6) is 0 Å². The summed E-state index contributed by atoms with van der Waals surface area (Å²) in [5.74, 6) is -1.98. The highest BCUT2D eigenvalue weighted by Gasteiger charge is 2.29. The van der Waals surface area contributed by atoms with Crippen LogP contribution in [0.1, 0.15) is 58.8 Å². The molecule has 0 spiro atoms. The molecule has 10 nitrogen and oxygen atoms in total. The molecule has 2 unspecified atom stereocenters. The second-order valence-corrected chi connectivity index (χ2v) is 6.98. The van der Waals surface area contributed by atoms with Crippen molar-refractivity contribution in [3.8, 4) is 0 Å². The van der Waals surface area contributed by atoms with E-state index in [9.17, 15) is 24.3 Å². The molecule has 168 valence electrons. The largest absolute Gasteiger partial charge is 0.391 e. The van der Waals surface area contributed by atoms with E-state index in [1.54, 1.807) is 0 Å². The summed E-state index contributed by atoms with van der Waals surface area (Å²) < 4.78 is 0. The van der Waals surface area contributed by atoms with Gasteiger partial charge in [0, 0.05) is 13.5 Å². The number of nitrogens with one attached hydrogen (secondary N) is 4. The van der Waals surface area contributed by atoms with Gasteiger partial charge in [-0.2, -0.15) is 0 Å². The first-order valence-electron chi connectivity index (χ1n) is 10.2. The Labute approximate surface area is 172 Å². The summed E-state index contributed by atoms with van der Waals surface area (Å²) in [7, 11) is 1.43. The number of hydrogen-bond donors (Lipinski definition) is 6. The van der Waals surface area contributed by atoms with Crippen LogP contribution < -0.4 is 27.0 Å². The van der Waals surface area contributed by atoms with Crippen LogP contribution in [0.15, 0.2) is 0 Å². The van der Waals surface area contributed by atoms with E-state index in [4.69, 9.17) is 5.73 Å². The molecule has 3 atom stereocenters. The maximum Gasteiger partial charge on any atom is 0.245 e. The number of carbonyl (C=O) groups excluding carboxylic acids is 4. The lowest BCUT2D eigenvalue weighted by Gasteiger charge is -2.24. The van der Waals surface area contributed by atoms with Crippen molar-refractivity contribution < 1.29 is 24.3 Å². The lowest BCUT2D eigenvalue weighted by Crippen LogP contribution is -2.58. The number of amides is 4. The average Bonchev–Trinajstić information content (AvgIpc) is 2.68. The van der Waals surface area contributed by atoms with Gasteiger partial charge in [-0.3, -0.25) is 19.2 Å². The van der Waals surface area contributed by atoms with Crippen molar-refractivity contribution in [1.82, 2.24) is 21.3 Å². The second kappa shape index (κ2) is 15.7. The molecule has 0 rings (SSSR count). The highest BCUT2D eigenvalue weighted by Crippen LogP contribution is 2.04. The van der Waals surface area contributed by atoms with Gasteiger partial charge in [0.2, 0.25) is 23.6 Å². The van der Waals surface area contributed by atoms with E-state index >= 15 is 0 Å². The predicted molar refractivity (Wildman–Crippen MR) is 110 cm³/mol. The van der Waals surface area contributed by atoms with Gasteiger partial charge in [0.15, 0.2) is 0 Å². The molecule has 0 aromatic rings. The maximum atomic E-state index is 12.4. The van der Waals surface area contributed by atoms with Gasteiger partial charge in [0.25, 0.3) is 0 Å². The zero-order valence-electron chi connectivity index (χ0n) is 17.8. The molecule has 0 aromatic heterocycles. The van der Waals surface area contributed by atoms with Crippen LogP contribution >= 0.6 is 0 Å². The predicted octanol–water partition coefficient (Wildman–Crippen LogP) is -1.09. The molecule has 4 amide bonds. The standard InChI is InChI=1S/C19H37N5O5/c1-4-5-6-7-8-9-15(26)22-12-16(27)24-17(13(2)25)19(29)23-14(10-11-20)18(28)21-3/h13-14,17,25H,4-12,20H2,1-3H3,(H,21,28)(H,22,26)(H,23,29)(H,24,27)/t13?,14-,17?/m1/s1. The number of nitrogens with two attached hydrogens (primary N) is 1. The third-order valence-electron chi connectivity index (χ3n) is 4.37. The van der Waals surface area contributed by atoms with Crippen molar-refractivity contribution in [2.75, 3.05) is 20.1 Å². The van der Waals surface area contributed by atoms with E-state index in [-0.39, 0.29) is 25.4 Å². The Balaban J connectivity index is 4.52. The fraction of sp³-hybridized carbons (Fsp3) is 0.789. The third-order valence-corrected chi connectivity index (χ3v) is 4.37. The Hall–Kier alpha value is -2.20. The van der Waals surface area contributed by atoms with Gasteiger partial charge in [-0.25, -0.2) is 0 Å². The number of hydrogen-bond acceptors (Lipinski definition) is 6. The van der Waals surface area contributed by atoms with Crippen LogP contribution in [-0.4, -0.2) is 67.1 Å². The maximum absolute atomic E-state index is 12.4. The molecule has 7 N–H and O–H groups in total. The number of aliphatic hydroxyl groups excluding tert-OH is 1. The van der Waals surface area contributed by atoms with Gasteiger partial charge in [0.1, 0.15) is 12.1 Å². The molecular formula is C19H37N5O5. The first kappa shape index (κ1) is 26.8. The number of carbonyl (C=O) groups is 4. The quantitative estimate of drug-likeness (QED) is 0.186. The highest BCUT2D eigenvalue weighted by molar-refractivity contribution is 5.93. The molecule has 0 fully saturated rings. The molecule has 29 heavy (non-hydrogen) atoms. The molecule has 0 heterocycles. The number of unbranched alkanes of at least 4 members (excludes halogenated alkanes) is 4. The van der Waals surface area contributed by atoms with Crippen molar-refractivity contribution in [3.05, 3.63) is 0 Å². The Morgan fingerprint density at radius 3 is 2.17 bits per heavy atom. The van der Waals surface area contributed by atoms with Gasteiger partial charge < -0.3 is 32.1 Å². The highest BCUT2D eigenvalue weighted by atomic mass is 16.3. The van der Waals surface area contributed by atoms with Gasteiger partial charge in [0.05, 0.1) is 12.6 Å². The molecule has 10 heteroatoms. The Kier molecular flexibility index (Phi) is 14.5. The topological polar surface area (TPSA) is 163 Å². The molecule has 0 aliphatic heterocycles. The van der Waals surface area contributed by atoms with Crippen molar-refractivity contribution >= 4 is 23.6 Å². The Bertz CT molecular complexity index is 527. The molecule has 0 aliphatic carbocycles. The second-order valence-electron chi connectivity index (χ2n) is 6.98. The van der Waals surface area contributed by atoms with Gasteiger partial charge in [-0.15, -0.1) is 0 Å². The number of aliphatic hydroxyl groups is 1. The molecule has 0 aromatic carbocycles. The van der Waals surface area contributed by atoms with Crippen molar-refractivity contribution in [2.24, 2.45) is 5.73 Å². The van der Waals surface area contributed by atoms with Crippen molar-refractivity contribution in [1.29, 1.82) is 0 Å². The van der Waals surface area contributed by atoms with Gasteiger partial charge in [-0.05, 0) is 26.3 Å². The van der Waals surface area contributed by atoms with Crippen molar-refractivity contribution in [2.45, 2.75) is 77.0 Å². The van der Waals surface area contributed by atoms with Crippen molar-refractivity contribution in [3.63, 3.8) is 0 Å². The van der Waals surface area contributed by atoms with E-state index in [1.807, 2.05) is 0 Å². The summed E-state index contributed by atoms with van der Waals surface area (Å²) in [5.41, 5.74) is 5.45. The first-order chi connectivity index (χ1) is 13.8. The normalized spacial score (nSPS) is 13.7. The SMILES string of the molecule is CCCCCCCC(=O)NCC(=O)NC(C(=O)N[C@H](CCN)C(=O)NC)C(C)O. The molecule has 0 bridgehead atoms. The minimum atomic E-state index is -1.27. The summed E-state index contributed by atoms with van der Waals surface area (Å²) >= 11 is 0. The monoisotopic (exact) mass is 415 g/mol. The van der Waals surface area contributed by atoms with Gasteiger partial charge >= 0.3 is 0 Å². The summed E-state index contributed by atoms with van der Waals surface area (Å²) in [6.07, 6.45) is 4.41. The first-order valence-corrected chi connectivity index (χ1v) is 10.2. The zero-order chi connectivity index (χ0) is 22.2. The fourth-order valence-corrected chi connectivity index (χ4v) is 2.66. The summed E-state index contributed by atoms with van der Waals surface area (Å²) in [4.78, 5) is 48.0. The van der Waals surface area contributed by atoms with Crippen LogP contribution in [-0.2, 0) is 19.2 Å². The number of rotatable bonds is 15. The van der Waals surface area contributed by atoms with Gasteiger partial charge in [-0.1, -0.05) is 32.6 Å². The summed E-state index contributed by atoms with van der Waals surface area (Å²) in [6, 6.07) is -2.14. The summed E-state index contributed by atoms with van der Waals surface area (Å²) in [6.45, 7) is 3.33. The Morgan fingerprint density at radius 2 is 1.62 bits per heavy atom. The molecule has 0 saturated heterocycles. The van der Waals surface area contributed by atoms with Crippen LogP contribution in [0, 0.1) is 0 Å². The number of likely N-dealkylation sites (N-methyl/N-ethyl adjacent to an activating group) is 1. The van der Waals surface area contributed by atoms with E-state index in [1.165, 1.54) is 14.0 Å². The Morgan fingerprint density at radius 1 is 0.966 bits per heavy atom. The van der Waals surface area contributed by atoms with E-state index in [0.29, 0.717) is 6.42 Å². The molecular weight excluding hydrogens is 378 g/mol. The molecule has 0 saturated carbocycles. The minimum Gasteiger partial charge on any atom is -0.391 e. The minimum absolute atomic E-state index is 0.175. The van der Waals surface area contributed by atoms with Crippen LogP contribution in [0.4, 0.5) is 0 Å². The van der Waals surface area contributed by atoms with E-state index < -0.39 is 35.9 Å². The van der Waals surface area contributed by atoms with Crippen LogP contribution in [0.3, 0.4) is 0 Å². The summed E-state index contributed by atoms with van der Waals surface area (Å²) in [5, 5.41) is 19.6. The smallest absolute Gasteiger partial charge is 0.245 e. The van der Waals surface area contributed by atoms with E-state index in [2.05, 4.69) is 28.2 Å². The van der Waals surface area contributed by atoms with Crippen LogP contribution in [0.2, 0.25) is 0 Å². The van der Waals surface area contributed by atoms with Crippen LogP contribution in [0.25, 0.3) is 0 Å². The fourth-order valence-electron chi connectivity index (χ4n) is 2.66. The third kappa shape index (κ3) is 12.1. The zero-order valence-corrected chi connectivity index (χ0v) is 17.8. The lowest BCUT2D eigenvalue weighted by molar-refractivity contribution is -0.134. The molecule has 0 radical (unpaired) electrons. The lowest BCUT2D eigenvalue weighted by atomic mass is 10.1.